The standard InChI is InChI=1S/C19H27NO7/c1-12-10-13(6-9-21)17(23)27-15-5-8-20(3)7-4-14(16(15)22)11-26-18(24)19(12,2)25/h4,6,12,15,21,25H,5,7-11H2,1-3H3/b13-6+,14-4?/t12-,15-,19-/m1/s1. The molecule has 2 aliphatic heterocycles. The maximum atomic E-state index is 12.8. The molecule has 0 unspecified atom stereocenters. The summed E-state index contributed by atoms with van der Waals surface area (Å²) >= 11 is 0. The molecule has 2 rings (SSSR count). The number of aliphatic hydroxyl groups is 2. The van der Waals surface area contributed by atoms with Gasteiger partial charge in [-0.1, -0.05) is 13.0 Å². The third-order valence-corrected chi connectivity index (χ3v) is 5.14. The molecule has 2 heterocycles. The second kappa shape index (κ2) is 8.77. The van der Waals surface area contributed by atoms with Crippen molar-refractivity contribution >= 4 is 17.7 Å². The van der Waals surface area contributed by atoms with Crippen molar-refractivity contribution in [2.75, 3.05) is 33.4 Å². The van der Waals surface area contributed by atoms with Gasteiger partial charge in [-0.3, -0.25) is 4.79 Å². The van der Waals surface area contributed by atoms with Gasteiger partial charge in [0, 0.05) is 30.7 Å². The Morgan fingerprint density at radius 1 is 1.37 bits per heavy atom. The van der Waals surface area contributed by atoms with Crippen molar-refractivity contribution in [2.24, 2.45) is 5.92 Å². The number of Topliss-reactive ketones (excluding diaryl/α,β-unsaturated/α-hetero) is 1. The summed E-state index contributed by atoms with van der Waals surface area (Å²) < 4.78 is 10.6. The van der Waals surface area contributed by atoms with Gasteiger partial charge in [0.25, 0.3) is 0 Å². The Hall–Kier alpha value is -2.03. The lowest BCUT2D eigenvalue weighted by Gasteiger charge is -2.31. The normalized spacial score (nSPS) is 33.1. The number of nitrogens with zero attached hydrogens (tertiary/aromatic N) is 1. The van der Waals surface area contributed by atoms with E-state index in [1.54, 1.807) is 13.0 Å². The van der Waals surface area contributed by atoms with E-state index in [9.17, 15) is 24.6 Å². The molecular weight excluding hydrogens is 354 g/mol. The van der Waals surface area contributed by atoms with E-state index in [1.165, 1.54) is 13.0 Å². The number of rotatable bonds is 1. The fraction of sp³-hybridized carbons (Fsp3) is 0.632. The molecule has 0 aromatic heterocycles. The number of esters is 2. The van der Waals surface area contributed by atoms with Gasteiger partial charge in [-0.05, 0) is 32.4 Å². The van der Waals surface area contributed by atoms with E-state index >= 15 is 0 Å². The van der Waals surface area contributed by atoms with Gasteiger partial charge < -0.3 is 24.6 Å². The molecule has 150 valence electrons. The second-order valence-electron chi connectivity index (χ2n) is 7.28. The Balaban J connectivity index is 2.44. The number of hydrogen-bond donors (Lipinski definition) is 2. The number of ether oxygens (including phenoxy) is 2. The predicted octanol–water partition coefficient (Wildman–Crippen LogP) is -0.0181. The molecule has 8 heteroatoms. The Morgan fingerprint density at radius 3 is 2.74 bits per heavy atom. The smallest absolute Gasteiger partial charge is 0.338 e. The van der Waals surface area contributed by atoms with Crippen LogP contribution < -0.4 is 0 Å². The van der Waals surface area contributed by atoms with Crippen molar-refractivity contribution in [3.05, 3.63) is 23.3 Å². The van der Waals surface area contributed by atoms with E-state index in [0.717, 1.165) is 0 Å². The first kappa shape index (κ1) is 21.3. The first-order valence-corrected chi connectivity index (χ1v) is 8.99. The number of fused-ring (bicyclic) bond motifs is 2. The lowest BCUT2D eigenvalue weighted by Crippen LogP contribution is -2.45. The highest BCUT2D eigenvalue weighted by atomic mass is 16.6. The zero-order valence-corrected chi connectivity index (χ0v) is 15.9. The van der Waals surface area contributed by atoms with Crippen LogP contribution in [0.3, 0.4) is 0 Å². The van der Waals surface area contributed by atoms with Crippen LogP contribution in [-0.2, 0) is 23.9 Å². The van der Waals surface area contributed by atoms with Gasteiger partial charge in [0.1, 0.15) is 6.61 Å². The summed E-state index contributed by atoms with van der Waals surface area (Å²) in [5.41, 5.74) is -1.54. The SMILES string of the molecule is C[C@@H]1C/C(=C\CO)C(=O)O[C@@H]2CCN(C)CC=C(COC(=O)[C@]1(C)O)C2=O. The summed E-state index contributed by atoms with van der Waals surface area (Å²) in [6.07, 6.45) is 2.21. The van der Waals surface area contributed by atoms with Crippen LogP contribution >= 0.6 is 0 Å². The molecule has 0 amide bonds. The highest BCUT2D eigenvalue weighted by Gasteiger charge is 2.41. The van der Waals surface area contributed by atoms with Crippen molar-refractivity contribution in [2.45, 2.75) is 38.4 Å². The quantitative estimate of drug-likeness (QED) is 0.481. The molecule has 27 heavy (non-hydrogen) atoms. The van der Waals surface area contributed by atoms with Crippen LogP contribution in [0.25, 0.3) is 0 Å². The van der Waals surface area contributed by atoms with Crippen molar-refractivity contribution in [3.63, 3.8) is 0 Å². The van der Waals surface area contributed by atoms with Crippen molar-refractivity contribution < 1.29 is 34.1 Å². The molecule has 0 saturated carbocycles. The monoisotopic (exact) mass is 381 g/mol. The van der Waals surface area contributed by atoms with Crippen molar-refractivity contribution in [1.82, 2.24) is 4.90 Å². The fourth-order valence-electron chi connectivity index (χ4n) is 2.96. The second-order valence-corrected chi connectivity index (χ2v) is 7.28. The van der Waals surface area contributed by atoms with Crippen molar-refractivity contribution in [1.29, 1.82) is 0 Å². The number of aliphatic hydroxyl groups excluding tert-OH is 1. The summed E-state index contributed by atoms with van der Waals surface area (Å²) in [4.78, 5) is 39.7. The molecule has 0 spiro atoms. The van der Waals surface area contributed by atoms with Crippen LogP contribution in [-0.4, -0.2) is 77.9 Å². The van der Waals surface area contributed by atoms with Crippen molar-refractivity contribution in [3.8, 4) is 0 Å². The van der Waals surface area contributed by atoms with E-state index in [2.05, 4.69) is 0 Å². The molecule has 0 aromatic rings. The number of hydrogen-bond acceptors (Lipinski definition) is 8. The molecule has 3 atom stereocenters. The molecule has 1 saturated heterocycles. The lowest BCUT2D eigenvalue weighted by molar-refractivity contribution is -0.169. The maximum absolute atomic E-state index is 12.8. The molecule has 0 aliphatic carbocycles. The fourth-order valence-corrected chi connectivity index (χ4v) is 2.96. The van der Waals surface area contributed by atoms with Crippen LogP contribution in [0.15, 0.2) is 23.3 Å². The Morgan fingerprint density at radius 2 is 2.07 bits per heavy atom. The topological polar surface area (TPSA) is 113 Å². The first-order valence-electron chi connectivity index (χ1n) is 8.99. The summed E-state index contributed by atoms with van der Waals surface area (Å²) in [5, 5.41) is 19.8. The predicted molar refractivity (Wildman–Crippen MR) is 95.6 cm³/mol. The van der Waals surface area contributed by atoms with Crippen LogP contribution in [0.4, 0.5) is 0 Å². The summed E-state index contributed by atoms with van der Waals surface area (Å²) in [6.45, 7) is 3.25. The van der Waals surface area contributed by atoms with E-state index in [-0.39, 0.29) is 24.2 Å². The van der Waals surface area contributed by atoms with Gasteiger partial charge in [-0.15, -0.1) is 0 Å². The third kappa shape index (κ3) is 5.03. The van der Waals surface area contributed by atoms with Gasteiger partial charge >= 0.3 is 11.9 Å². The highest BCUT2D eigenvalue weighted by molar-refractivity contribution is 6.01. The van der Waals surface area contributed by atoms with Gasteiger partial charge in [0.05, 0.1) is 6.61 Å². The largest absolute Gasteiger partial charge is 0.459 e. The van der Waals surface area contributed by atoms with Gasteiger partial charge in [-0.25, -0.2) is 9.59 Å². The van der Waals surface area contributed by atoms with Crippen LogP contribution in [0.2, 0.25) is 0 Å². The minimum absolute atomic E-state index is 0.00893. The minimum Gasteiger partial charge on any atom is -0.459 e. The highest BCUT2D eigenvalue weighted by Crippen LogP contribution is 2.28. The molecule has 2 N–H and O–H groups in total. The molecule has 2 aliphatic rings. The summed E-state index contributed by atoms with van der Waals surface area (Å²) in [5.74, 6) is -2.69. The zero-order valence-electron chi connectivity index (χ0n) is 15.9. The molecule has 2 bridgehead atoms. The average molecular weight is 381 g/mol. The molecule has 1 fully saturated rings. The maximum Gasteiger partial charge on any atom is 0.338 e. The minimum atomic E-state index is -1.87. The van der Waals surface area contributed by atoms with Crippen LogP contribution in [0.5, 0.6) is 0 Å². The Labute approximate surface area is 158 Å². The Bertz CT molecular complexity index is 665. The number of ketones is 1. The first-order chi connectivity index (χ1) is 12.7. The lowest BCUT2D eigenvalue weighted by atomic mass is 9.85. The van der Waals surface area contributed by atoms with E-state index in [0.29, 0.717) is 19.5 Å². The van der Waals surface area contributed by atoms with E-state index in [4.69, 9.17) is 9.47 Å². The summed E-state index contributed by atoms with van der Waals surface area (Å²) in [6, 6.07) is 0. The average Bonchev–Trinajstić information content (AvgIpc) is 2.61. The Kier molecular flexibility index (Phi) is 6.91. The van der Waals surface area contributed by atoms with Crippen LogP contribution in [0, 0.1) is 5.92 Å². The molecule has 0 radical (unpaired) electrons. The zero-order chi connectivity index (χ0) is 20.2. The third-order valence-electron chi connectivity index (χ3n) is 5.14. The van der Waals surface area contributed by atoms with Gasteiger partial charge in [0.2, 0.25) is 5.78 Å². The molecule has 0 aromatic carbocycles. The van der Waals surface area contributed by atoms with Gasteiger partial charge in [-0.2, -0.15) is 0 Å². The van der Waals surface area contributed by atoms with E-state index in [1.807, 2.05) is 11.9 Å². The number of carbonyl (C=O) groups is 3. The molecular formula is C19H27NO7. The number of likely N-dealkylation sites (N-methyl/N-ethyl adjacent to an activating group) is 1. The van der Waals surface area contributed by atoms with Gasteiger partial charge in [0.15, 0.2) is 11.7 Å². The van der Waals surface area contributed by atoms with E-state index < -0.39 is 42.0 Å². The number of carbonyl (C=O) groups excluding carboxylic acids is 3. The number of cyclic esters (lactones) is 1. The summed E-state index contributed by atoms with van der Waals surface area (Å²) in [7, 11) is 1.86. The van der Waals surface area contributed by atoms with Crippen LogP contribution in [0.1, 0.15) is 26.7 Å². The molecule has 8 nitrogen and oxygen atoms in total.